The third-order valence-corrected chi connectivity index (χ3v) is 6.96. The Balaban J connectivity index is 1.83. The Bertz CT molecular complexity index is 379. The molecule has 1 aliphatic heterocycles. The molecule has 18 heavy (non-hydrogen) atoms. The van der Waals surface area contributed by atoms with Crippen LogP contribution in [0.25, 0.3) is 0 Å². The smallest absolute Gasteiger partial charge is 0.103 e. The van der Waals surface area contributed by atoms with Crippen LogP contribution in [0, 0.1) is 35.0 Å². The van der Waals surface area contributed by atoms with Crippen LogP contribution < -0.4 is 0 Å². The second-order valence-corrected chi connectivity index (χ2v) is 7.65. The van der Waals surface area contributed by atoms with Crippen molar-refractivity contribution in [1.29, 1.82) is 0 Å². The van der Waals surface area contributed by atoms with Crippen molar-refractivity contribution < 1.29 is 14.9 Å². The monoisotopic (exact) mass is 252 g/mol. The molecule has 3 heteroatoms. The molecule has 2 N–H and O–H groups in total. The highest BCUT2D eigenvalue weighted by Crippen LogP contribution is 2.76. The van der Waals surface area contributed by atoms with E-state index in [-0.39, 0.29) is 22.9 Å². The lowest BCUT2D eigenvalue weighted by molar-refractivity contribution is -0.107. The van der Waals surface area contributed by atoms with Gasteiger partial charge in [-0.15, -0.1) is 0 Å². The standard InChI is InChI=1S/C15H24O3/c1-7(2)8-4-5-14(3)10-9(8)11(13(17)12(10)16)15(14)6-18-15/h7-13,16-17H,4-6H2,1-3H3/t8-,9+,10-,11+,12-,13+,14-,15?/m1/s1. The van der Waals surface area contributed by atoms with Crippen LogP contribution in [0.15, 0.2) is 0 Å². The molecule has 0 aromatic heterocycles. The molecule has 3 saturated carbocycles. The molecule has 3 aliphatic carbocycles. The topological polar surface area (TPSA) is 53.0 Å². The molecule has 1 unspecified atom stereocenters. The Kier molecular flexibility index (Phi) is 2.03. The summed E-state index contributed by atoms with van der Waals surface area (Å²) in [6.45, 7) is 7.66. The predicted octanol–water partition coefficient (Wildman–Crippen LogP) is 1.43. The van der Waals surface area contributed by atoms with Crippen molar-refractivity contribution in [3.05, 3.63) is 0 Å². The second kappa shape index (κ2) is 3.13. The number of fused-ring (bicyclic) bond motifs is 2. The van der Waals surface area contributed by atoms with E-state index in [2.05, 4.69) is 20.8 Å². The number of ether oxygens (including phenoxy) is 1. The van der Waals surface area contributed by atoms with E-state index in [0.717, 1.165) is 13.0 Å². The summed E-state index contributed by atoms with van der Waals surface area (Å²) in [4.78, 5) is 0. The molecule has 1 spiro atoms. The molecule has 4 fully saturated rings. The summed E-state index contributed by atoms with van der Waals surface area (Å²) in [5.41, 5.74) is 0.0109. The van der Waals surface area contributed by atoms with E-state index in [1.807, 2.05) is 0 Å². The van der Waals surface area contributed by atoms with E-state index in [1.54, 1.807) is 0 Å². The molecule has 0 radical (unpaired) electrons. The van der Waals surface area contributed by atoms with Gasteiger partial charge in [0, 0.05) is 11.3 Å². The highest BCUT2D eigenvalue weighted by Gasteiger charge is 2.82. The zero-order valence-corrected chi connectivity index (χ0v) is 11.5. The van der Waals surface area contributed by atoms with Gasteiger partial charge in [0.15, 0.2) is 0 Å². The number of aliphatic hydroxyl groups is 2. The number of hydrogen-bond donors (Lipinski definition) is 2. The first kappa shape index (κ1) is 11.7. The maximum atomic E-state index is 10.4. The molecule has 8 atom stereocenters. The van der Waals surface area contributed by atoms with Crippen LogP contribution in [0.2, 0.25) is 0 Å². The Hall–Kier alpha value is -0.120. The highest BCUT2D eigenvalue weighted by atomic mass is 16.6. The molecule has 4 bridgehead atoms. The Morgan fingerprint density at radius 1 is 1.17 bits per heavy atom. The maximum absolute atomic E-state index is 10.4. The van der Waals surface area contributed by atoms with Gasteiger partial charge in [-0.3, -0.25) is 0 Å². The molecule has 3 nitrogen and oxygen atoms in total. The first-order valence-corrected chi connectivity index (χ1v) is 7.44. The lowest BCUT2D eigenvalue weighted by Gasteiger charge is -2.47. The van der Waals surface area contributed by atoms with Crippen molar-refractivity contribution in [2.45, 2.75) is 51.4 Å². The Labute approximate surface area is 109 Å². The average molecular weight is 252 g/mol. The minimum atomic E-state index is -0.560. The number of rotatable bonds is 1. The number of aliphatic hydroxyl groups excluding tert-OH is 2. The molecule has 1 saturated heterocycles. The van der Waals surface area contributed by atoms with Crippen molar-refractivity contribution in [3.63, 3.8) is 0 Å². The van der Waals surface area contributed by atoms with Gasteiger partial charge in [0.25, 0.3) is 0 Å². The highest BCUT2D eigenvalue weighted by molar-refractivity contribution is 5.30. The zero-order valence-electron chi connectivity index (χ0n) is 11.5. The minimum Gasteiger partial charge on any atom is -0.390 e. The lowest BCUT2D eigenvalue weighted by Crippen LogP contribution is -2.53. The summed E-state index contributed by atoms with van der Waals surface area (Å²) < 4.78 is 5.88. The summed E-state index contributed by atoms with van der Waals surface area (Å²) in [7, 11) is 0. The van der Waals surface area contributed by atoms with Gasteiger partial charge in [-0.25, -0.2) is 0 Å². The molecule has 0 aromatic rings. The summed E-state index contributed by atoms with van der Waals surface area (Å²) >= 11 is 0. The average Bonchev–Trinajstić information content (AvgIpc) is 3.02. The minimum absolute atomic E-state index is 0.0926. The van der Waals surface area contributed by atoms with Gasteiger partial charge in [-0.1, -0.05) is 20.8 Å². The summed E-state index contributed by atoms with van der Waals surface area (Å²) in [6, 6.07) is 0. The largest absolute Gasteiger partial charge is 0.390 e. The maximum Gasteiger partial charge on any atom is 0.103 e. The van der Waals surface area contributed by atoms with E-state index < -0.39 is 12.2 Å². The van der Waals surface area contributed by atoms with Gasteiger partial charge in [0.1, 0.15) is 5.60 Å². The van der Waals surface area contributed by atoms with E-state index in [0.29, 0.717) is 17.8 Å². The van der Waals surface area contributed by atoms with Crippen LogP contribution in [-0.2, 0) is 4.74 Å². The molecule has 4 rings (SSSR count). The van der Waals surface area contributed by atoms with Crippen molar-refractivity contribution in [3.8, 4) is 0 Å². The molecule has 4 aliphatic rings. The van der Waals surface area contributed by atoms with Gasteiger partial charge in [-0.05, 0) is 36.5 Å². The van der Waals surface area contributed by atoms with Crippen molar-refractivity contribution in [2.24, 2.45) is 35.0 Å². The third kappa shape index (κ3) is 0.981. The van der Waals surface area contributed by atoms with Gasteiger partial charge >= 0.3 is 0 Å². The van der Waals surface area contributed by atoms with Gasteiger partial charge < -0.3 is 14.9 Å². The van der Waals surface area contributed by atoms with Gasteiger partial charge in [0.2, 0.25) is 0 Å². The number of hydrogen-bond acceptors (Lipinski definition) is 3. The van der Waals surface area contributed by atoms with Crippen LogP contribution in [0.1, 0.15) is 33.6 Å². The second-order valence-electron chi connectivity index (χ2n) is 7.65. The SMILES string of the molecule is CC(C)[C@H]1CC[C@]2(C)[C@H]3[C@@H](O)[C@@H](O)[C@H]([C@H]31)C21CO1. The summed E-state index contributed by atoms with van der Waals surface area (Å²) in [5, 5.41) is 20.8. The lowest BCUT2D eigenvalue weighted by atomic mass is 9.59. The fraction of sp³-hybridized carbons (Fsp3) is 1.00. The van der Waals surface area contributed by atoms with Crippen molar-refractivity contribution >= 4 is 0 Å². The fourth-order valence-corrected chi connectivity index (χ4v) is 6.10. The van der Waals surface area contributed by atoms with Crippen molar-refractivity contribution in [1.82, 2.24) is 0 Å². The van der Waals surface area contributed by atoms with E-state index in [4.69, 9.17) is 4.74 Å². The van der Waals surface area contributed by atoms with Crippen LogP contribution in [0.5, 0.6) is 0 Å². The van der Waals surface area contributed by atoms with Crippen molar-refractivity contribution in [2.75, 3.05) is 6.61 Å². The quantitative estimate of drug-likeness (QED) is 0.694. The molecular formula is C15H24O3. The van der Waals surface area contributed by atoms with Gasteiger partial charge in [-0.2, -0.15) is 0 Å². The molecular weight excluding hydrogens is 228 g/mol. The van der Waals surface area contributed by atoms with E-state index >= 15 is 0 Å². The third-order valence-electron chi connectivity index (χ3n) is 6.96. The number of epoxide rings is 1. The first-order chi connectivity index (χ1) is 8.44. The van der Waals surface area contributed by atoms with Crippen LogP contribution in [0.3, 0.4) is 0 Å². The van der Waals surface area contributed by atoms with E-state index in [9.17, 15) is 10.2 Å². The van der Waals surface area contributed by atoms with E-state index in [1.165, 1.54) is 6.42 Å². The van der Waals surface area contributed by atoms with Crippen LogP contribution >= 0.6 is 0 Å². The Morgan fingerprint density at radius 2 is 1.78 bits per heavy atom. The van der Waals surface area contributed by atoms with Crippen LogP contribution in [0.4, 0.5) is 0 Å². The fourth-order valence-electron chi connectivity index (χ4n) is 6.10. The normalized spacial score (nSPS) is 65.0. The predicted molar refractivity (Wildman–Crippen MR) is 66.8 cm³/mol. The first-order valence-electron chi connectivity index (χ1n) is 7.44. The van der Waals surface area contributed by atoms with Crippen LogP contribution in [-0.4, -0.2) is 34.6 Å². The zero-order chi connectivity index (χ0) is 12.9. The summed E-state index contributed by atoms with van der Waals surface area (Å²) in [6.07, 6.45) is 1.30. The molecule has 1 heterocycles. The molecule has 0 amide bonds. The van der Waals surface area contributed by atoms with Gasteiger partial charge in [0.05, 0.1) is 18.8 Å². The Morgan fingerprint density at radius 3 is 2.33 bits per heavy atom. The molecule has 0 aromatic carbocycles. The summed E-state index contributed by atoms with van der Waals surface area (Å²) in [5.74, 6) is 2.18. The molecule has 102 valence electrons.